The number of fused-ring (bicyclic) bond motifs is 2. The Morgan fingerprint density at radius 2 is 1.03 bits per heavy atom. The first kappa shape index (κ1) is 22.7. The zero-order valence-electron chi connectivity index (χ0n) is 19.3. The van der Waals surface area contributed by atoms with Gasteiger partial charge >= 0.3 is 0 Å². The Labute approximate surface area is 205 Å². The number of carbonyl (C=O) groups excluding carboxylic acids is 4. The summed E-state index contributed by atoms with van der Waals surface area (Å²) >= 11 is 0. The smallest absolute Gasteiger partial charge is 0.276 e. The maximum Gasteiger partial charge on any atom is 0.276 e. The second kappa shape index (κ2) is 8.91. The van der Waals surface area contributed by atoms with Crippen molar-refractivity contribution in [1.82, 2.24) is 10.9 Å². The highest BCUT2D eigenvalue weighted by Crippen LogP contribution is 2.25. The molecule has 0 fully saturated rings. The van der Waals surface area contributed by atoms with Gasteiger partial charge in [0.1, 0.15) is 0 Å². The number of hydrogen-bond donors (Lipinski definition) is 4. The monoisotopic (exact) mass is 480 g/mol. The summed E-state index contributed by atoms with van der Waals surface area (Å²) in [5.41, 5.74) is 9.88. The van der Waals surface area contributed by atoms with E-state index < -0.39 is 23.6 Å². The number of amides is 4. The third kappa shape index (κ3) is 4.23. The minimum atomic E-state index is -0.543. The van der Waals surface area contributed by atoms with E-state index in [1.54, 1.807) is 12.1 Å². The van der Waals surface area contributed by atoms with Gasteiger partial charge in [-0.05, 0) is 62.4 Å². The number of aryl methyl sites for hydroxylation is 2. The van der Waals surface area contributed by atoms with Crippen molar-refractivity contribution in [2.45, 2.75) is 13.8 Å². The molecule has 5 rings (SSSR count). The SMILES string of the molecule is Cc1ccc2c(c1)/C(=N\NC(=O)c1ccc(C(=O)N/N=C3/C(=O)Nc4ccc(C)cc43)cc1)C(=O)N2. The molecule has 4 amide bonds. The van der Waals surface area contributed by atoms with Crippen molar-refractivity contribution in [2.24, 2.45) is 10.2 Å². The summed E-state index contributed by atoms with van der Waals surface area (Å²) in [6.45, 7) is 3.79. The molecule has 0 spiro atoms. The summed E-state index contributed by atoms with van der Waals surface area (Å²) in [7, 11) is 0. The van der Waals surface area contributed by atoms with Crippen molar-refractivity contribution in [3.05, 3.63) is 94.0 Å². The first-order valence-electron chi connectivity index (χ1n) is 11.0. The Balaban J connectivity index is 1.26. The fraction of sp³-hybridized carbons (Fsp3) is 0.0769. The van der Waals surface area contributed by atoms with E-state index >= 15 is 0 Å². The molecule has 0 atom stereocenters. The van der Waals surface area contributed by atoms with E-state index in [9.17, 15) is 19.2 Å². The molecule has 2 aliphatic rings. The van der Waals surface area contributed by atoms with Gasteiger partial charge in [0.2, 0.25) is 0 Å². The number of rotatable bonds is 4. The van der Waals surface area contributed by atoms with E-state index in [1.165, 1.54) is 24.3 Å². The lowest BCUT2D eigenvalue weighted by Gasteiger charge is -2.04. The standard InChI is InChI=1S/C26H20N6O4/c1-13-3-9-19-17(11-13)21(25(35)27-19)29-31-23(33)15-5-7-16(8-6-15)24(34)32-30-22-18-12-14(2)4-10-20(18)28-26(22)36/h3-12H,1-2H3,(H,31,33)(H,32,34)(H,27,29,35)(H,28,30,36). The number of hydrogen-bond acceptors (Lipinski definition) is 6. The topological polar surface area (TPSA) is 141 Å². The van der Waals surface area contributed by atoms with Gasteiger partial charge < -0.3 is 10.6 Å². The summed E-state index contributed by atoms with van der Waals surface area (Å²) in [6, 6.07) is 16.7. The summed E-state index contributed by atoms with van der Waals surface area (Å²) in [6.07, 6.45) is 0. The lowest BCUT2D eigenvalue weighted by Crippen LogP contribution is -2.24. The molecular weight excluding hydrogens is 460 g/mol. The van der Waals surface area contributed by atoms with Crippen LogP contribution in [-0.4, -0.2) is 35.1 Å². The van der Waals surface area contributed by atoms with Crippen LogP contribution in [0.4, 0.5) is 11.4 Å². The lowest BCUT2D eigenvalue weighted by molar-refractivity contribution is -0.110. The molecule has 4 N–H and O–H groups in total. The number of anilines is 2. The highest BCUT2D eigenvalue weighted by molar-refractivity contribution is 6.54. The molecule has 0 aliphatic carbocycles. The van der Waals surface area contributed by atoms with Crippen LogP contribution < -0.4 is 21.5 Å². The van der Waals surface area contributed by atoms with E-state index in [0.717, 1.165) is 11.1 Å². The summed E-state index contributed by atoms with van der Waals surface area (Å²) in [5, 5.41) is 13.4. The Bertz CT molecular complexity index is 1410. The van der Waals surface area contributed by atoms with Crippen molar-refractivity contribution in [1.29, 1.82) is 0 Å². The fourth-order valence-corrected chi connectivity index (χ4v) is 3.87. The van der Waals surface area contributed by atoms with Crippen LogP contribution in [0.3, 0.4) is 0 Å². The van der Waals surface area contributed by atoms with E-state index in [2.05, 4.69) is 31.7 Å². The quantitative estimate of drug-likeness (QED) is 0.426. The highest BCUT2D eigenvalue weighted by Gasteiger charge is 2.27. The molecule has 10 nitrogen and oxygen atoms in total. The van der Waals surface area contributed by atoms with Crippen molar-refractivity contribution >= 4 is 46.4 Å². The van der Waals surface area contributed by atoms with Crippen LogP contribution in [0.5, 0.6) is 0 Å². The van der Waals surface area contributed by atoms with Gasteiger partial charge in [0, 0.05) is 22.3 Å². The molecule has 178 valence electrons. The van der Waals surface area contributed by atoms with Crippen LogP contribution >= 0.6 is 0 Å². The normalized spacial score (nSPS) is 15.8. The van der Waals surface area contributed by atoms with E-state index in [4.69, 9.17) is 0 Å². The van der Waals surface area contributed by atoms with Gasteiger partial charge in [0.25, 0.3) is 23.6 Å². The van der Waals surface area contributed by atoms with Crippen LogP contribution in [0.15, 0.2) is 70.9 Å². The molecule has 36 heavy (non-hydrogen) atoms. The molecule has 0 saturated carbocycles. The lowest BCUT2D eigenvalue weighted by atomic mass is 10.1. The van der Waals surface area contributed by atoms with Gasteiger partial charge in [-0.2, -0.15) is 10.2 Å². The molecule has 3 aromatic carbocycles. The molecule has 0 aromatic heterocycles. The first-order valence-corrected chi connectivity index (χ1v) is 11.0. The molecule has 2 aliphatic heterocycles. The summed E-state index contributed by atoms with van der Waals surface area (Å²) in [4.78, 5) is 49.5. The molecule has 0 bridgehead atoms. The van der Waals surface area contributed by atoms with Crippen LogP contribution in [0, 0.1) is 13.8 Å². The van der Waals surface area contributed by atoms with Crippen molar-refractivity contribution < 1.29 is 19.2 Å². The third-order valence-corrected chi connectivity index (χ3v) is 5.73. The van der Waals surface area contributed by atoms with Gasteiger partial charge in [-0.1, -0.05) is 23.3 Å². The highest BCUT2D eigenvalue weighted by atomic mass is 16.2. The maximum atomic E-state index is 12.5. The van der Waals surface area contributed by atoms with Gasteiger partial charge in [-0.15, -0.1) is 0 Å². The van der Waals surface area contributed by atoms with E-state index in [1.807, 2.05) is 38.1 Å². The van der Waals surface area contributed by atoms with Gasteiger partial charge in [0.05, 0.1) is 11.4 Å². The van der Waals surface area contributed by atoms with Gasteiger partial charge in [0.15, 0.2) is 11.4 Å². The summed E-state index contributed by atoms with van der Waals surface area (Å²) in [5.74, 6) is -1.90. The molecule has 0 saturated heterocycles. The minimum Gasteiger partial charge on any atom is -0.320 e. The summed E-state index contributed by atoms with van der Waals surface area (Å²) < 4.78 is 0. The Kier molecular flexibility index (Phi) is 5.61. The largest absolute Gasteiger partial charge is 0.320 e. The van der Waals surface area contributed by atoms with Crippen LogP contribution in [0.25, 0.3) is 0 Å². The fourth-order valence-electron chi connectivity index (χ4n) is 3.87. The predicted molar refractivity (Wildman–Crippen MR) is 134 cm³/mol. The average Bonchev–Trinajstić information content (AvgIpc) is 3.35. The Morgan fingerprint density at radius 3 is 1.42 bits per heavy atom. The number of nitrogens with one attached hydrogen (secondary N) is 4. The van der Waals surface area contributed by atoms with Gasteiger partial charge in [-0.25, -0.2) is 10.9 Å². The van der Waals surface area contributed by atoms with Crippen molar-refractivity contribution in [3.63, 3.8) is 0 Å². The molecule has 10 heteroatoms. The zero-order valence-corrected chi connectivity index (χ0v) is 19.3. The number of carbonyl (C=O) groups is 4. The van der Waals surface area contributed by atoms with Gasteiger partial charge in [-0.3, -0.25) is 19.2 Å². The zero-order chi connectivity index (χ0) is 25.4. The van der Waals surface area contributed by atoms with E-state index in [0.29, 0.717) is 22.5 Å². The average molecular weight is 480 g/mol. The predicted octanol–water partition coefficient (Wildman–Crippen LogP) is 2.48. The van der Waals surface area contributed by atoms with Crippen LogP contribution in [0.1, 0.15) is 43.0 Å². The third-order valence-electron chi connectivity index (χ3n) is 5.73. The molecule has 0 radical (unpaired) electrons. The number of hydrazone groups is 2. The Hall–Kier alpha value is -5.12. The molecule has 3 aromatic rings. The van der Waals surface area contributed by atoms with Crippen molar-refractivity contribution in [2.75, 3.05) is 10.6 Å². The molecule has 0 unspecified atom stereocenters. The second-order valence-corrected chi connectivity index (χ2v) is 8.39. The Morgan fingerprint density at radius 1 is 0.639 bits per heavy atom. The minimum absolute atomic E-state index is 0.116. The number of benzene rings is 3. The van der Waals surface area contributed by atoms with Crippen molar-refractivity contribution in [3.8, 4) is 0 Å². The van der Waals surface area contributed by atoms with E-state index in [-0.39, 0.29) is 22.6 Å². The van der Waals surface area contributed by atoms with Crippen LogP contribution in [0.2, 0.25) is 0 Å². The molecular formula is C26H20N6O4. The molecule has 2 heterocycles. The second-order valence-electron chi connectivity index (χ2n) is 8.39. The number of nitrogens with zero attached hydrogens (tertiary/aromatic N) is 2. The maximum absolute atomic E-state index is 12.5. The first-order chi connectivity index (χ1) is 17.3. The van der Waals surface area contributed by atoms with Crippen LogP contribution in [-0.2, 0) is 9.59 Å².